The molecule has 1 N–H and O–H groups in total. The van der Waals surface area contributed by atoms with Crippen molar-refractivity contribution in [1.82, 2.24) is 5.32 Å². The van der Waals surface area contributed by atoms with E-state index in [9.17, 15) is 13.2 Å². The molecule has 0 unspecified atom stereocenters. The molecular formula is C22H25NO5S. The van der Waals surface area contributed by atoms with Gasteiger partial charge in [0.2, 0.25) is 5.91 Å². The summed E-state index contributed by atoms with van der Waals surface area (Å²) in [5.74, 6) is 0.417. The number of piperidine rings is 1. The maximum absolute atomic E-state index is 13.5. The molecule has 2 aliphatic rings. The minimum atomic E-state index is -3.89. The van der Waals surface area contributed by atoms with Gasteiger partial charge in [-0.2, -0.15) is 0 Å². The van der Waals surface area contributed by atoms with Crippen LogP contribution < -0.4 is 14.8 Å². The summed E-state index contributed by atoms with van der Waals surface area (Å²) < 4.78 is 38.2. The third kappa shape index (κ3) is 3.27. The number of rotatable bonds is 4. The van der Waals surface area contributed by atoms with E-state index in [-0.39, 0.29) is 4.90 Å². The Kier molecular flexibility index (Phi) is 4.61. The summed E-state index contributed by atoms with van der Waals surface area (Å²) in [6, 6.07) is 12.1. The summed E-state index contributed by atoms with van der Waals surface area (Å²) in [7, 11) is -2.33. The van der Waals surface area contributed by atoms with Gasteiger partial charge in [0.15, 0.2) is 20.8 Å². The van der Waals surface area contributed by atoms with Gasteiger partial charge in [-0.25, -0.2) is 8.42 Å². The molecule has 154 valence electrons. The fourth-order valence-corrected chi connectivity index (χ4v) is 6.08. The zero-order chi connectivity index (χ0) is 21.0. The second-order valence-electron chi connectivity index (χ2n) is 8.23. The Morgan fingerprint density at radius 1 is 1.17 bits per heavy atom. The van der Waals surface area contributed by atoms with Crippen LogP contribution in [0, 0.1) is 0 Å². The second kappa shape index (κ2) is 6.76. The summed E-state index contributed by atoms with van der Waals surface area (Å²) in [6.07, 6.45) is 0.381. The molecule has 3 atom stereocenters. The first-order chi connectivity index (χ1) is 13.6. The molecular weight excluding hydrogens is 390 g/mol. The van der Waals surface area contributed by atoms with Crippen molar-refractivity contribution in [1.29, 1.82) is 0 Å². The Labute approximate surface area is 171 Å². The molecule has 0 aromatic heterocycles. The van der Waals surface area contributed by atoms with Gasteiger partial charge in [-0.3, -0.25) is 4.79 Å². The SMILES string of the molecule is COc1ccc2c(c1)O[C@@]1(C)C[C@H]2[C@H](S(=O)(=O)c2ccc(C(C)C)cc2)C(=O)N1. The van der Waals surface area contributed by atoms with Crippen LogP contribution in [0.1, 0.15) is 50.2 Å². The first kappa shape index (κ1) is 19.8. The normalized spacial score (nSPS) is 25.8. The van der Waals surface area contributed by atoms with Crippen LogP contribution in [0.5, 0.6) is 11.5 Å². The van der Waals surface area contributed by atoms with Crippen LogP contribution in [-0.4, -0.2) is 32.4 Å². The van der Waals surface area contributed by atoms with Crippen molar-refractivity contribution in [2.45, 2.75) is 54.9 Å². The standard InChI is InChI=1S/C22H25NO5S/c1-13(2)14-5-8-16(9-6-14)29(25,26)20-18-12-22(3,23-21(20)24)28-19-11-15(27-4)7-10-17(18)19/h5-11,13,18,20H,12H2,1-4H3,(H,23,24)/t18-,20+,22+/m1/s1. The summed E-state index contributed by atoms with van der Waals surface area (Å²) in [5.41, 5.74) is 0.813. The van der Waals surface area contributed by atoms with Crippen LogP contribution in [-0.2, 0) is 14.6 Å². The quantitative estimate of drug-likeness (QED) is 0.828. The average Bonchev–Trinajstić information content (AvgIpc) is 2.66. The van der Waals surface area contributed by atoms with Gasteiger partial charge in [-0.05, 0) is 42.2 Å². The third-order valence-corrected chi connectivity index (χ3v) is 7.93. The highest BCUT2D eigenvalue weighted by Gasteiger charge is 2.54. The summed E-state index contributed by atoms with van der Waals surface area (Å²) in [6.45, 7) is 5.86. The molecule has 2 aliphatic heterocycles. The van der Waals surface area contributed by atoms with Crippen molar-refractivity contribution in [2.24, 2.45) is 0 Å². The van der Waals surface area contributed by atoms with Crippen LogP contribution in [0.3, 0.4) is 0 Å². The van der Waals surface area contributed by atoms with Crippen molar-refractivity contribution < 1.29 is 22.7 Å². The number of carbonyl (C=O) groups is 1. The number of carbonyl (C=O) groups excluding carboxylic acids is 1. The molecule has 4 rings (SSSR count). The van der Waals surface area contributed by atoms with Gasteiger partial charge in [0.05, 0.1) is 12.0 Å². The molecule has 0 spiro atoms. The highest BCUT2D eigenvalue weighted by Crippen LogP contribution is 2.48. The molecule has 2 heterocycles. The fourth-order valence-electron chi connectivity index (χ4n) is 4.26. The Morgan fingerprint density at radius 3 is 2.48 bits per heavy atom. The van der Waals surface area contributed by atoms with Gasteiger partial charge in [0.1, 0.15) is 11.5 Å². The summed E-state index contributed by atoms with van der Waals surface area (Å²) in [4.78, 5) is 13.1. The van der Waals surface area contributed by atoms with Gasteiger partial charge >= 0.3 is 0 Å². The number of ether oxygens (including phenoxy) is 2. The molecule has 7 heteroatoms. The number of fused-ring (bicyclic) bond motifs is 4. The van der Waals surface area contributed by atoms with Crippen molar-refractivity contribution in [3.63, 3.8) is 0 Å². The number of nitrogens with one attached hydrogen (secondary N) is 1. The first-order valence-corrected chi connectivity index (χ1v) is 11.2. The second-order valence-corrected chi connectivity index (χ2v) is 10.3. The van der Waals surface area contributed by atoms with Crippen LogP contribution in [0.4, 0.5) is 0 Å². The van der Waals surface area contributed by atoms with E-state index in [0.29, 0.717) is 29.4 Å². The van der Waals surface area contributed by atoms with E-state index >= 15 is 0 Å². The van der Waals surface area contributed by atoms with E-state index in [2.05, 4.69) is 5.32 Å². The molecule has 0 aliphatic carbocycles. The lowest BCUT2D eigenvalue weighted by atomic mass is 9.81. The topological polar surface area (TPSA) is 81.7 Å². The number of hydrogen-bond acceptors (Lipinski definition) is 5. The summed E-state index contributed by atoms with van der Waals surface area (Å²) in [5, 5.41) is 1.57. The molecule has 29 heavy (non-hydrogen) atoms. The predicted octanol–water partition coefficient (Wildman–Crippen LogP) is 3.37. The van der Waals surface area contributed by atoms with Crippen LogP contribution in [0.2, 0.25) is 0 Å². The molecule has 0 radical (unpaired) electrons. The van der Waals surface area contributed by atoms with Gasteiger partial charge in [0, 0.05) is 18.4 Å². The Balaban J connectivity index is 1.79. The van der Waals surface area contributed by atoms with Crippen LogP contribution in [0.25, 0.3) is 0 Å². The smallest absolute Gasteiger partial charge is 0.242 e. The lowest BCUT2D eigenvalue weighted by Gasteiger charge is -2.46. The fraction of sp³-hybridized carbons (Fsp3) is 0.409. The van der Waals surface area contributed by atoms with Gasteiger partial charge in [-0.1, -0.05) is 32.0 Å². The van der Waals surface area contributed by atoms with E-state index in [1.807, 2.05) is 26.0 Å². The van der Waals surface area contributed by atoms with E-state index < -0.39 is 32.6 Å². The van der Waals surface area contributed by atoms with Crippen molar-refractivity contribution in [3.05, 3.63) is 53.6 Å². The molecule has 1 fully saturated rings. The van der Waals surface area contributed by atoms with Crippen molar-refractivity contribution in [2.75, 3.05) is 7.11 Å². The lowest BCUT2D eigenvalue weighted by Crippen LogP contribution is -2.63. The molecule has 2 aromatic rings. The maximum atomic E-state index is 13.5. The van der Waals surface area contributed by atoms with E-state index in [0.717, 1.165) is 5.56 Å². The van der Waals surface area contributed by atoms with E-state index in [1.54, 1.807) is 44.4 Å². The van der Waals surface area contributed by atoms with Crippen LogP contribution in [0.15, 0.2) is 47.4 Å². The zero-order valence-corrected chi connectivity index (χ0v) is 17.7. The number of benzene rings is 2. The molecule has 2 aromatic carbocycles. The molecule has 2 bridgehead atoms. The average molecular weight is 416 g/mol. The number of hydrogen-bond donors (Lipinski definition) is 1. The van der Waals surface area contributed by atoms with Gasteiger partial charge in [0.25, 0.3) is 0 Å². The Hall–Kier alpha value is -2.54. The Morgan fingerprint density at radius 2 is 1.86 bits per heavy atom. The zero-order valence-electron chi connectivity index (χ0n) is 16.9. The summed E-state index contributed by atoms with van der Waals surface area (Å²) >= 11 is 0. The highest BCUT2D eigenvalue weighted by molar-refractivity contribution is 7.92. The Bertz CT molecular complexity index is 1060. The predicted molar refractivity (Wildman–Crippen MR) is 109 cm³/mol. The molecule has 6 nitrogen and oxygen atoms in total. The van der Waals surface area contributed by atoms with Gasteiger partial charge < -0.3 is 14.8 Å². The van der Waals surface area contributed by atoms with Crippen molar-refractivity contribution in [3.8, 4) is 11.5 Å². The van der Waals surface area contributed by atoms with Crippen LogP contribution >= 0.6 is 0 Å². The lowest BCUT2D eigenvalue weighted by molar-refractivity contribution is -0.132. The van der Waals surface area contributed by atoms with Gasteiger partial charge in [-0.15, -0.1) is 0 Å². The molecule has 1 saturated heterocycles. The molecule has 1 amide bonds. The number of sulfone groups is 1. The monoisotopic (exact) mass is 415 g/mol. The number of methoxy groups -OCH3 is 1. The largest absolute Gasteiger partial charge is 0.497 e. The molecule has 0 saturated carbocycles. The van der Waals surface area contributed by atoms with E-state index in [4.69, 9.17) is 9.47 Å². The third-order valence-electron chi connectivity index (χ3n) is 5.79. The first-order valence-electron chi connectivity index (χ1n) is 9.67. The van der Waals surface area contributed by atoms with E-state index in [1.165, 1.54) is 0 Å². The highest BCUT2D eigenvalue weighted by atomic mass is 32.2. The number of amides is 1. The minimum Gasteiger partial charge on any atom is -0.497 e. The van der Waals surface area contributed by atoms with Crippen molar-refractivity contribution >= 4 is 15.7 Å². The minimum absolute atomic E-state index is 0.159. The maximum Gasteiger partial charge on any atom is 0.242 e.